The molecule has 0 unspecified atom stereocenters. The quantitative estimate of drug-likeness (QED) is 0.0845. The summed E-state index contributed by atoms with van der Waals surface area (Å²) in [5, 5.41) is 18.1. The molecule has 0 saturated carbocycles. The highest BCUT2D eigenvalue weighted by atomic mass is 32.1. The number of nitriles is 2. The zero-order valence-electron chi connectivity index (χ0n) is 43.0. The predicted molar refractivity (Wildman–Crippen MR) is 323 cm³/mol. The molecule has 0 radical (unpaired) electrons. The fraction of sp³-hybridized carbons (Fsp3) is 0.0746. The minimum Gasteiger partial charge on any atom is -0.497 e. The van der Waals surface area contributed by atoms with E-state index in [-0.39, 0.29) is 16.8 Å². The van der Waals surface area contributed by atoms with Gasteiger partial charge in [0.1, 0.15) is 11.5 Å². The van der Waals surface area contributed by atoms with Gasteiger partial charge >= 0.3 is 0 Å². The third-order valence-electron chi connectivity index (χ3n) is 13.4. The number of hydrogen-bond acceptors (Lipinski definition) is 9. The summed E-state index contributed by atoms with van der Waals surface area (Å²) >= 11 is 4.89. The fourth-order valence-corrected chi connectivity index (χ4v) is 12.5. The van der Waals surface area contributed by atoms with Gasteiger partial charge in [-0.3, -0.25) is 0 Å². The first kappa shape index (κ1) is 51.8. The van der Waals surface area contributed by atoms with E-state index in [2.05, 4.69) is 161 Å². The third kappa shape index (κ3) is 10.9. The van der Waals surface area contributed by atoms with Crippen molar-refractivity contribution in [1.29, 1.82) is 10.5 Å². The Labute approximate surface area is 467 Å². The van der Waals surface area contributed by atoms with Gasteiger partial charge in [0, 0.05) is 68.8 Å². The highest BCUT2D eigenvalue weighted by Gasteiger charge is 2.36. The monoisotopic (exact) mass is 1060 g/mol. The van der Waals surface area contributed by atoms with E-state index in [0.717, 1.165) is 81.1 Å². The van der Waals surface area contributed by atoms with Crippen molar-refractivity contribution in [3.8, 4) is 65.4 Å². The lowest BCUT2D eigenvalue weighted by atomic mass is 9.81. The van der Waals surface area contributed by atoms with Crippen LogP contribution in [0.3, 0.4) is 0 Å². The lowest BCUT2D eigenvalue weighted by Crippen LogP contribution is -2.16. The van der Waals surface area contributed by atoms with Crippen LogP contribution in [0.1, 0.15) is 34.7 Å². The van der Waals surface area contributed by atoms with Gasteiger partial charge in [0.15, 0.2) is 0 Å². The summed E-state index contributed by atoms with van der Waals surface area (Å²) in [5.74, 6) is 1.62. The van der Waals surface area contributed by atoms with Crippen LogP contribution in [0, 0.1) is 35.8 Å². The van der Waals surface area contributed by atoms with Crippen LogP contribution in [0.5, 0.6) is 11.5 Å². The van der Waals surface area contributed by atoms with Crippen molar-refractivity contribution >= 4 is 80.3 Å². The molecule has 11 rings (SSSR count). The summed E-state index contributed by atoms with van der Waals surface area (Å²) in [4.78, 5) is 17.4. The smallest absolute Gasteiger partial charge is 0.263 e. The predicted octanol–water partition coefficient (Wildman–Crippen LogP) is 19.4. The van der Waals surface area contributed by atoms with Gasteiger partial charge in [0.2, 0.25) is 0 Å². The number of benzene rings is 7. The Kier molecular flexibility index (Phi) is 15.3. The van der Waals surface area contributed by atoms with Crippen molar-refractivity contribution in [2.75, 3.05) is 24.0 Å². The molecule has 0 fully saturated rings. The molecule has 3 heterocycles. The molecule has 0 bridgehead atoms. The molecule has 78 heavy (non-hydrogen) atoms. The first-order chi connectivity index (χ1) is 38.1. The highest BCUT2D eigenvalue weighted by Crippen LogP contribution is 2.52. The summed E-state index contributed by atoms with van der Waals surface area (Å²) < 4.78 is 10.7. The van der Waals surface area contributed by atoms with Crippen LogP contribution in [0.2, 0.25) is 0 Å². The highest BCUT2D eigenvalue weighted by molar-refractivity contribution is 7.24. The Morgan fingerprint density at radius 3 is 1.35 bits per heavy atom. The number of hydrogen-bond donors (Lipinski definition) is 0. The molecule has 7 aromatic carbocycles. The lowest BCUT2D eigenvalue weighted by molar-refractivity contribution is 0.415. The van der Waals surface area contributed by atoms with E-state index in [1.165, 1.54) is 27.1 Å². The normalized spacial score (nSPS) is 12.1. The fourth-order valence-electron chi connectivity index (χ4n) is 9.53. The van der Waals surface area contributed by atoms with E-state index < -0.39 is 0 Å². The van der Waals surface area contributed by atoms with Gasteiger partial charge in [-0.25, -0.2) is 20.2 Å². The van der Waals surface area contributed by atoms with E-state index in [0.29, 0.717) is 0 Å². The number of fused-ring (bicyclic) bond motifs is 3. The average molecular weight is 1070 g/mol. The molecule has 1 aliphatic rings. The van der Waals surface area contributed by atoms with Crippen LogP contribution in [0.25, 0.3) is 63.6 Å². The van der Waals surface area contributed by atoms with Gasteiger partial charge in [-0.15, -0.1) is 34.0 Å². The van der Waals surface area contributed by atoms with E-state index in [4.69, 9.17) is 33.1 Å². The summed E-state index contributed by atoms with van der Waals surface area (Å²) in [7, 11) is 3.33. The van der Waals surface area contributed by atoms with Gasteiger partial charge in [0.05, 0.1) is 39.5 Å². The van der Waals surface area contributed by atoms with Crippen LogP contribution < -0.4 is 19.3 Å². The Morgan fingerprint density at radius 2 is 0.833 bits per heavy atom. The average Bonchev–Trinajstić information content (AvgIpc) is 4.52. The van der Waals surface area contributed by atoms with Gasteiger partial charge in [0.25, 0.3) is 11.4 Å². The topological polar surface area (TPSA) is 81.2 Å². The minimum absolute atomic E-state index is 0.0914. The second-order valence-corrected chi connectivity index (χ2v) is 21.8. The number of ether oxygens (including phenoxy) is 2. The van der Waals surface area contributed by atoms with Crippen LogP contribution in [-0.2, 0) is 5.41 Å². The summed E-state index contributed by atoms with van der Waals surface area (Å²) in [6.07, 6.45) is 3.28. The molecule has 0 N–H and O–H groups in total. The molecule has 10 aromatic rings. The second kappa shape index (κ2) is 23.0. The van der Waals surface area contributed by atoms with Crippen molar-refractivity contribution in [3.05, 3.63) is 261 Å². The molecule has 0 atom stereocenters. The number of allylic oxidation sites excluding steroid dienone is 2. The maximum absolute atomic E-state index is 9.11. The maximum atomic E-state index is 9.11. The van der Waals surface area contributed by atoms with Crippen molar-refractivity contribution in [2.24, 2.45) is 0 Å². The van der Waals surface area contributed by atoms with Crippen molar-refractivity contribution in [3.63, 3.8) is 0 Å². The Hall–Kier alpha value is -9.72. The van der Waals surface area contributed by atoms with Crippen molar-refractivity contribution in [1.82, 2.24) is 0 Å². The van der Waals surface area contributed by atoms with E-state index >= 15 is 0 Å². The summed E-state index contributed by atoms with van der Waals surface area (Å²) in [5.41, 5.74) is 13.9. The molecular formula is C67H48N6O2S3. The number of nitrogens with zero attached hydrogens (tertiary/aromatic N) is 6. The zero-order chi connectivity index (χ0) is 54.2. The Morgan fingerprint density at radius 1 is 0.449 bits per heavy atom. The van der Waals surface area contributed by atoms with Crippen molar-refractivity contribution < 1.29 is 9.47 Å². The Bertz CT molecular complexity index is 3890. The molecule has 376 valence electrons. The van der Waals surface area contributed by atoms with Crippen LogP contribution in [-0.4, -0.2) is 14.2 Å². The molecule has 0 amide bonds. The largest absolute Gasteiger partial charge is 0.497 e. The van der Waals surface area contributed by atoms with E-state index in [9.17, 15) is 0 Å². The number of thiophene rings is 3. The standard InChI is InChI=1S/C35H25N3S.C32H23N3O2S2/c1-35(2)32-20-24(34-19-16-29(39-34)21-25(23-36)37-3)14-17-30(32)31-18-15-28(22-33(31)35)38(26-10-6-4-7-11-26)27-12-8-5-9-13-27;1-34-23(21-33)20-29-16-17-31(38-29)32-19-18-30(39-32)22-4-6-24(7-5-22)35(25-8-12-27(36-2)13-9-25)26-10-14-28(37-3)15-11-26/h4-22H,1-2H3;4-20H,2-3H3/b25-21-;23-20-. The maximum Gasteiger partial charge on any atom is 0.263 e. The first-order valence-corrected chi connectivity index (χ1v) is 27.2. The van der Waals surface area contributed by atoms with Crippen LogP contribution in [0.15, 0.2) is 218 Å². The molecule has 1 aliphatic carbocycles. The molecule has 8 nitrogen and oxygen atoms in total. The van der Waals surface area contributed by atoms with E-state index in [1.54, 1.807) is 60.4 Å². The molecule has 11 heteroatoms. The van der Waals surface area contributed by atoms with Gasteiger partial charge in [-0.1, -0.05) is 80.6 Å². The molecule has 3 aromatic heterocycles. The van der Waals surface area contributed by atoms with Crippen molar-refractivity contribution in [2.45, 2.75) is 19.3 Å². The number of methoxy groups -OCH3 is 2. The van der Waals surface area contributed by atoms with Gasteiger partial charge < -0.3 is 19.3 Å². The summed E-state index contributed by atoms with van der Waals surface area (Å²) in [6.45, 7) is 18.8. The number of anilines is 6. The summed E-state index contributed by atoms with van der Waals surface area (Å²) in [6, 6.07) is 75.3. The molecule has 0 aliphatic heterocycles. The van der Waals surface area contributed by atoms with Gasteiger partial charge in [-0.2, -0.15) is 0 Å². The second-order valence-electron chi connectivity index (χ2n) is 18.5. The van der Waals surface area contributed by atoms with E-state index in [1.807, 2.05) is 91.0 Å². The van der Waals surface area contributed by atoms with Gasteiger partial charge in [-0.05, 0) is 185 Å². The number of para-hydroxylation sites is 2. The van der Waals surface area contributed by atoms with Crippen LogP contribution >= 0.6 is 34.0 Å². The lowest BCUT2D eigenvalue weighted by Gasteiger charge is -2.28. The third-order valence-corrected chi connectivity index (χ3v) is 16.9. The number of rotatable bonds is 13. The molecule has 0 spiro atoms. The first-order valence-electron chi connectivity index (χ1n) is 24.8. The molecular weight excluding hydrogens is 1020 g/mol. The molecule has 0 saturated heterocycles. The Balaban J connectivity index is 0.000000176. The zero-order valence-corrected chi connectivity index (χ0v) is 45.5. The van der Waals surface area contributed by atoms with Crippen LogP contribution in [0.4, 0.5) is 34.1 Å². The SMILES string of the molecule is [C-]#[N+]/C(C#N)=C\c1ccc(-c2ccc(-c3ccc(N(c4ccc(OC)cc4)c4ccc(OC)cc4)cc3)s2)s1.[C-]#[N+]/C(C#N)=C\c1ccc(-c2ccc3c(c2)C(C)(C)c2cc(N(c4ccccc4)c4ccccc4)ccc2-3)s1. The minimum atomic E-state index is -0.173.